The molecular formula is C27H62. The van der Waals surface area contributed by atoms with E-state index in [9.17, 15) is 0 Å². The van der Waals surface area contributed by atoms with Gasteiger partial charge in [0.2, 0.25) is 0 Å². The first-order chi connectivity index (χ1) is 13.0. The van der Waals surface area contributed by atoms with Gasteiger partial charge in [-0.15, -0.1) is 0 Å². The molecule has 0 aromatic heterocycles. The zero-order valence-electron chi connectivity index (χ0n) is 21.9. The van der Waals surface area contributed by atoms with Crippen LogP contribution in [0.15, 0.2) is 0 Å². The second-order valence-corrected chi connectivity index (χ2v) is 7.84. The normalized spacial score (nSPS) is 13.2. The molecule has 27 heavy (non-hydrogen) atoms. The molecule has 0 N–H and O–H groups in total. The van der Waals surface area contributed by atoms with E-state index < -0.39 is 0 Å². The Morgan fingerprint density at radius 1 is 0.667 bits per heavy atom. The van der Waals surface area contributed by atoms with E-state index in [-0.39, 0.29) is 0 Å². The summed E-state index contributed by atoms with van der Waals surface area (Å²) < 4.78 is 0. The van der Waals surface area contributed by atoms with Crippen molar-refractivity contribution in [3.05, 3.63) is 0 Å². The van der Waals surface area contributed by atoms with Crippen molar-refractivity contribution in [2.45, 2.75) is 160 Å². The van der Waals surface area contributed by atoms with Gasteiger partial charge in [0.05, 0.1) is 0 Å². The van der Waals surface area contributed by atoms with E-state index in [1.165, 1.54) is 83.5 Å². The van der Waals surface area contributed by atoms with Gasteiger partial charge in [0.15, 0.2) is 0 Å². The highest BCUT2D eigenvalue weighted by molar-refractivity contribution is 4.59. The Labute approximate surface area is 177 Å². The second-order valence-electron chi connectivity index (χ2n) is 7.84. The molecule has 1 aliphatic carbocycles. The van der Waals surface area contributed by atoms with Crippen molar-refractivity contribution < 1.29 is 0 Å². The highest BCUT2D eigenvalue weighted by Gasteiger charge is 2.06. The lowest BCUT2D eigenvalue weighted by Gasteiger charge is -2.15. The fraction of sp³-hybridized carbons (Fsp3) is 1.00. The molecule has 1 fully saturated rings. The molecule has 0 heterocycles. The smallest absolute Gasteiger partial charge is 0.0420 e. The molecule has 1 saturated carbocycles. The first kappa shape index (κ1) is 34.5. The van der Waals surface area contributed by atoms with E-state index in [2.05, 4.69) is 48.5 Å². The van der Waals surface area contributed by atoms with Gasteiger partial charge in [0.25, 0.3) is 0 Å². The summed E-state index contributed by atoms with van der Waals surface area (Å²) in [5.41, 5.74) is 0. The molecule has 0 atom stereocenters. The van der Waals surface area contributed by atoms with Gasteiger partial charge in [-0.25, -0.2) is 0 Å². The first-order valence-corrected chi connectivity index (χ1v) is 13.0. The monoisotopic (exact) mass is 386 g/mol. The molecular weight excluding hydrogens is 324 g/mol. The number of rotatable bonds is 8. The van der Waals surface area contributed by atoms with Gasteiger partial charge in [-0.1, -0.05) is 160 Å². The van der Waals surface area contributed by atoms with Crippen molar-refractivity contribution >= 4 is 0 Å². The van der Waals surface area contributed by atoms with Crippen LogP contribution < -0.4 is 0 Å². The Balaban J connectivity index is -0.000000138. The molecule has 0 radical (unpaired) electrons. The van der Waals surface area contributed by atoms with Crippen molar-refractivity contribution in [2.75, 3.05) is 0 Å². The Bertz CT molecular complexity index is 182. The maximum Gasteiger partial charge on any atom is -0.0420 e. The van der Waals surface area contributed by atoms with Crippen LogP contribution in [0.3, 0.4) is 0 Å². The second kappa shape index (κ2) is 33.6. The van der Waals surface area contributed by atoms with E-state index in [1.54, 1.807) is 0 Å². The van der Waals surface area contributed by atoms with Crippen molar-refractivity contribution in [2.24, 2.45) is 17.8 Å². The first-order valence-electron chi connectivity index (χ1n) is 13.0. The molecule has 170 valence electrons. The highest BCUT2D eigenvalue weighted by atomic mass is 14.1. The molecule has 1 rings (SSSR count). The summed E-state index contributed by atoms with van der Waals surface area (Å²) in [6, 6.07) is 0. The minimum absolute atomic E-state index is 0.935. The molecule has 0 unspecified atom stereocenters. The highest BCUT2D eigenvalue weighted by Crippen LogP contribution is 2.22. The lowest BCUT2D eigenvalue weighted by Crippen LogP contribution is -1.99. The topological polar surface area (TPSA) is 0 Å². The Morgan fingerprint density at radius 2 is 1.11 bits per heavy atom. The fourth-order valence-corrected chi connectivity index (χ4v) is 2.98. The van der Waals surface area contributed by atoms with Crippen LogP contribution in [0, 0.1) is 17.8 Å². The number of hydrogen-bond donors (Lipinski definition) is 0. The third-order valence-electron chi connectivity index (χ3n) is 5.66. The summed E-state index contributed by atoms with van der Waals surface area (Å²) >= 11 is 0. The van der Waals surface area contributed by atoms with E-state index in [4.69, 9.17) is 0 Å². The summed E-state index contributed by atoms with van der Waals surface area (Å²) in [6.45, 7) is 24.0. The summed E-state index contributed by atoms with van der Waals surface area (Å²) in [5.74, 6) is 2.98. The van der Waals surface area contributed by atoms with Crippen molar-refractivity contribution in [1.29, 1.82) is 0 Å². The summed E-state index contributed by atoms with van der Waals surface area (Å²) in [4.78, 5) is 0. The Hall–Kier alpha value is 0. The van der Waals surface area contributed by atoms with Crippen molar-refractivity contribution in [3.63, 3.8) is 0 Å². The van der Waals surface area contributed by atoms with E-state index >= 15 is 0 Å². The molecule has 0 heteroatoms. The van der Waals surface area contributed by atoms with Gasteiger partial charge in [-0.05, 0) is 17.8 Å². The van der Waals surface area contributed by atoms with Gasteiger partial charge in [0, 0.05) is 0 Å². The summed E-state index contributed by atoms with van der Waals surface area (Å²) in [5, 5.41) is 0. The van der Waals surface area contributed by atoms with E-state index in [0.29, 0.717) is 0 Å². The lowest BCUT2D eigenvalue weighted by molar-refractivity contribution is 0.385. The predicted octanol–water partition coefficient (Wildman–Crippen LogP) is 11.1. The zero-order chi connectivity index (χ0) is 21.9. The van der Waals surface area contributed by atoms with Crippen LogP contribution in [-0.4, -0.2) is 0 Å². The van der Waals surface area contributed by atoms with Crippen LogP contribution >= 0.6 is 0 Å². The minimum Gasteiger partial charge on any atom is -0.0683 e. The number of hydrogen-bond acceptors (Lipinski definition) is 0. The molecule has 0 aliphatic heterocycles. The van der Waals surface area contributed by atoms with Gasteiger partial charge >= 0.3 is 0 Å². The van der Waals surface area contributed by atoms with Crippen LogP contribution in [0.4, 0.5) is 0 Å². The van der Waals surface area contributed by atoms with Gasteiger partial charge < -0.3 is 0 Å². The quantitative estimate of drug-likeness (QED) is 0.364. The Kier molecular flexibility index (Phi) is 42.9. The molecule has 0 bridgehead atoms. The van der Waals surface area contributed by atoms with Crippen LogP contribution in [0.25, 0.3) is 0 Å². The maximum atomic E-state index is 2.36. The summed E-state index contributed by atoms with van der Waals surface area (Å²) in [6.07, 6.45) is 18.5. The average molecular weight is 387 g/mol. The van der Waals surface area contributed by atoms with E-state index in [0.717, 1.165) is 17.8 Å². The third kappa shape index (κ3) is 34.0. The summed E-state index contributed by atoms with van der Waals surface area (Å²) in [7, 11) is 0. The zero-order valence-corrected chi connectivity index (χ0v) is 21.9. The molecule has 0 aromatic rings. The van der Waals surface area contributed by atoms with Crippen molar-refractivity contribution in [1.82, 2.24) is 0 Å². The van der Waals surface area contributed by atoms with Gasteiger partial charge in [-0.2, -0.15) is 0 Å². The molecule has 1 aliphatic rings. The standard InChI is InChI=1S/C10H22.C7H14.C6H14.2C2H6/c1-4-7-8-9-10(5-2)6-3;1-7-5-3-2-4-6-7;1-4-6(3)5-2;2*1-2/h10H,4-9H2,1-3H3;7H,2-6H2,1H3;6H,4-5H2,1-3H3;2*1-2H3. The van der Waals surface area contributed by atoms with Crippen LogP contribution in [0.5, 0.6) is 0 Å². The fourth-order valence-electron chi connectivity index (χ4n) is 2.98. The molecule has 0 amide bonds. The van der Waals surface area contributed by atoms with Gasteiger partial charge in [0.1, 0.15) is 0 Å². The maximum absolute atomic E-state index is 2.36. The third-order valence-corrected chi connectivity index (χ3v) is 5.66. The molecule has 0 spiro atoms. The number of unbranched alkanes of at least 4 members (excludes halogenated alkanes) is 2. The van der Waals surface area contributed by atoms with Crippen LogP contribution in [0.2, 0.25) is 0 Å². The van der Waals surface area contributed by atoms with Crippen LogP contribution in [0.1, 0.15) is 160 Å². The molecule has 0 nitrogen and oxygen atoms in total. The predicted molar refractivity (Wildman–Crippen MR) is 133 cm³/mol. The lowest BCUT2D eigenvalue weighted by atomic mass is 9.91. The van der Waals surface area contributed by atoms with E-state index in [1.807, 2.05) is 27.7 Å². The largest absolute Gasteiger partial charge is 0.0683 e. The SMILES string of the molecule is CC.CC.CC1CCCCC1.CCC(C)CC.CCCCCC(CC)CC. The van der Waals surface area contributed by atoms with Crippen LogP contribution in [-0.2, 0) is 0 Å². The van der Waals surface area contributed by atoms with Crippen molar-refractivity contribution in [3.8, 4) is 0 Å². The Morgan fingerprint density at radius 3 is 1.33 bits per heavy atom. The average Bonchev–Trinajstić information content (AvgIpc) is 2.75. The van der Waals surface area contributed by atoms with Gasteiger partial charge in [-0.3, -0.25) is 0 Å². The molecule has 0 saturated heterocycles. The minimum atomic E-state index is 0.935. The molecule has 0 aromatic carbocycles.